The highest BCUT2D eigenvalue weighted by Crippen LogP contribution is 2.34. The van der Waals surface area contributed by atoms with E-state index in [4.69, 9.17) is 4.74 Å². The zero-order valence-corrected chi connectivity index (χ0v) is 18.2. The van der Waals surface area contributed by atoms with Gasteiger partial charge < -0.3 is 10.1 Å². The fourth-order valence-electron chi connectivity index (χ4n) is 2.81. The first-order valence-electron chi connectivity index (χ1n) is 8.56. The van der Waals surface area contributed by atoms with Crippen LogP contribution in [0, 0.1) is 11.3 Å². The molecule has 3 rings (SSSR count). The number of benzene rings is 3. The van der Waals surface area contributed by atoms with E-state index in [2.05, 4.69) is 37.2 Å². The second-order valence-electron chi connectivity index (χ2n) is 5.89. The normalized spacial score (nSPS) is 11.1. The first-order chi connectivity index (χ1) is 13.5. The maximum Gasteiger partial charge on any atom is 0.266 e. The molecule has 28 heavy (non-hydrogen) atoms. The lowest BCUT2D eigenvalue weighted by atomic mass is 10.1. The van der Waals surface area contributed by atoms with Crippen LogP contribution in [0.1, 0.15) is 12.5 Å². The van der Waals surface area contributed by atoms with Gasteiger partial charge in [-0.3, -0.25) is 4.79 Å². The van der Waals surface area contributed by atoms with Crippen molar-refractivity contribution in [3.63, 3.8) is 0 Å². The van der Waals surface area contributed by atoms with Crippen molar-refractivity contribution in [1.29, 1.82) is 5.26 Å². The molecule has 0 aromatic heterocycles. The molecule has 0 saturated heterocycles. The van der Waals surface area contributed by atoms with E-state index in [1.165, 1.54) is 6.08 Å². The molecule has 3 aromatic rings. The molecule has 140 valence electrons. The second-order valence-corrected chi connectivity index (χ2v) is 7.66. The summed E-state index contributed by atoms with van der Waals surface area (Å²) in [5, 5.41) is 14.3. The van der Waals surface area contributed by atoms with Crippen molar-refractivity contribution in [3.05, 3.63) is 74.7 Å². The fraction of sp³-hybridized carbons (Fsp3) is 0.0909. The van der Waals surface area contributed by atoms with E-state index in [0.717, 1.165) is 19.7 Å². The van der Waals surface area contributed by atoms with Gasteiger partial charge in [-0.15, -0.1) is 0 Å². The highest BCUT2D eigenvalue weighted by atomic mass is 79.9. The topological polar surface area (TPSA) is 62.1 Å². The first kappa shape index (κ1) is 20.1. The summed E-state index contributed by atoms with van der Waals surface area (Å²) < 4.78 is 7.21. The zero-order chi connectivity index (χ0) is 20.1. The second kappa shape index (κ2) is 9.05. The van der Waals surface area contributed by atoms with E-state index >= 15 is 0 Å². The van der Waals surface area contributed by atoms with Crippen LogP contribution in [0.4, 0.5) is 5.69 Å². The summed E-state index contributed by atoms with van der Waals surface area (Å²) in [5.41, 5.74) is 1.27. The summed E-state index contributed by atoms with van der Waals surface area (Å²) in [4.78, 5) is 12.8. The molecule has 0 spiro atoms. The Morgan fingerprint density at radius 1 is 1.18 bits per heavy atom. The van der Waals surface area contributed by atoms with Gasteiger partial charge in [0.1, 0.15) is 17.4 Å². The largest absolute Gasteiger partial charge is 0.492 e. The predicted octanol–water partition coefficient (Wildman–Crippen LogP) is 6.31. The summed E-state index contributed by atoms with van der Waals surface area (Å²) in [7, 11) is 0. The van der Waals surface area contributed by atoms with Crippen LogP contribution in [0.25, 0.3) is 16.8 Å². The van der Waals surface area contributed by atoms with Gasteiger partial charge in [-0.1, -0.05) is 52.3 Å². The molecule has 0 fully saturated rings. The van der Waals surface area contributed by atoms with Crippen LogP contribution in [0.5, 0.6) is 5.75 Å². The Hall–Kier alpha value is -2.62. The third-order valence-corrected chi connectivity index (χ3v) is 5.08. The van der Waals surface area contributed by atoms with Crippen molar-refractivity contribution in [2.45, 2.75) is 6.92 Å². The summed E-state index contributed by atoms with van der Waals surface area (Å²) >= 11 is 6.89. The predicted molar refractivity (Wildman–Crippen MR) is 119 cm³/mol. The van der Waals surface area contributed by atoms with E-state index in [0.29, 0.717) is 23.6 Å². The number of carbonyl (C=O) groups is 1. The number of anilines is 1. The number of fused-ring (bicyclic) bond motifs is 1. The third kappa shape index (κ3) is 4.44. The molecule has 0 atom stereocenters. The number of hydrogen-bond acceptors (Lipinski definition) is 3. The number of hydrogen-bond donors (Lipinski definition) is 1. The standard InChI is InChI=1S/C22H16Br2N2O2/c1-2-28-21-15(11-17(23)12-19(21)24)10-16(13-25)22(27)26-20-9-5-7-14-6-3-4-8-18(14)20/h3-12H,2H2,1H3,(H,26,27)/b16-10+. The van der Waals surface area contributed by atoms with Crippen molar-refractivity contribution in [2.24, 2.45) is 0 Å². The maximum atomic E-state index is 12.8. The number of nitrogens with zero attached hydrogens (tertiary/aromatic N) is 1. The Bertz CT molecular complexity index is 1110. The quantitative estimate of drug-likeness (QED) is 0.330. The summed E-state index contributed by atoms with van der Waals surface area (Å²) in [5.74, 6) is 0.105. The van der Waals surface area contributed by atoms with E-state index in [-0.39, 0.29) is 5.57 Å². The SMILES string of the molecule is CCOc1c(Br)cc(Br)cc1/C=C(\C#N)C(=O)Nc1cccc2ccccc12. The highest BCUT2D eigenvalue weighted by molar-refractivity contribution is 9.11. The van der Waals surface area contributed by atoms with Gasteiger partial charge >= 0.3 is 0 Å². The van der Waals surface area contributed by atoms with Crippen LogP contribution in [0.15, 0.2) is 69.1 Å². The van der Waals surface area contributed by atoms with Gasteiger partial charge in [0.15, 0.2) is 0 Å². The molecule has 1 N–H and O–H groups in total. The van der Waals surface area contributed by atoms with Gasteiger partial charge in [-0.05, 0) is 52.5 Å². The lowest BCUT2D eigenvalue weighted by Gasteiger charge is -2.11. The molecule has 0 aliphatic rings. The Labute approximate surface area is 180 Å². The monoisotopic (exact) mass is 498 g/mol. The molecular formula is C22H16Br2N2O2. The minimum atomic E-state index is -0.475. The number of nitrogens with one attached hydrogen (secondary N) is 1. The van der Waals surface area contributed by atoms with Gasteiger partial charge in [0.2, 0.25) is 0 Å². The number of ether oxygens (including phenoxy) is 1. The van der Waals surface area contributed by atoms with Gasteiger partial charge in [0, 0.05) is 21.1 Å². The lowest BCUT2D eigenvalue weighted by molar-refractivity contribution is -0.112. The highest BCUT2D eigenvalue weighted by Gasteiger charge is 2.15. The lowest BCUT2D eigenvalue weighted by Crippen LogP contribution is -2.13. The Kier molecular flexibility index (Phi) is 6.50. The number of amides is 1. The fourth-order valence-corrected chi connectivity index (χ4v) is 4.18. The van der Waals surface area contributed by atoms with Crippen LogP contribution in [0.2, 0.25) is 0 Å². The number of rotatable bonds is 5. The molecule has 6 heteroatoms. The average molecular weight is 500 g/mol. The molecular weight excluding hydrogens is 484 g/mol. The smallest absolute Gasteiger partial charge is 0.266 e. The Morgan fingerprint density at radius 2 is 1.93 bits per heavy atom. The van der Waals surface area contributed by atoms with E-state index in [1.807, 2.05) is 61.5 Å². The maximum absolute atomic E-state index is 12.8. The molecule has 0 radical (unpaired) electrons. The van der Waals surface area contributed by atoms with Crippen LogP contribution in [-0.2, 0) is 4.79 Å². The molecule has 0 bridgehead atoms. The van der Waals surface area contributed by atoms with Crippen LogP contribution >= 0.6 is 31.9 Å². The van der Waals surface area contributed by atoms with E-state index in [9.17, 15) is 10.1 Å². The number of carbonyl (C=O) groups excluding carboxylic acids is 1. The Morgan fingerprint density at radius 3 is 2.68 bits per heavy atom. The van der Waals surface area contributed by atoms with Gasteiger partial charge in [-0.25, -0.2) is 0 Å². The van der Waals surface area contributed by atoms with Crippen LogP contribution in [0.3, 0.4) is 0 Å². The van der Waals surface area contributed by atoms with Gasteiger partial charge in [0.25, 0.3) is 5.91 Å². The van der Waals surface area contributed by atoms with Crippen molar-refractivity contribution in [1.82, 2.24) is 0 Å². The van der Waals surface area contributed by atoms with Crippen LogP contribution < -0.4 is 10.1 Å². The van der Waals surface area contributed by atoms with Gasteiger partial charge in [-0.2, -0.15) is 5.26 Å². The van der Waals surface area contributed by atoms with Crippen molar-refractivity contribution < 1.29 is 9.53 Å². The molecule has 0 unspecified atom stereocenters. The number of halogens is 2. The molecule has 0 heterocycles. The molecule has 4 nitrogen and oxygen atoms in total. The zero-order valence-electron chi connectivity index (χ0n) is 15.0. The van der Waals surface area contributed by atoms with Gasteiger partial charge in [0.05, 0.1) is 11.1 Å². The van der Waals surface area contributed by atoms with E-state index < -0.39 is 5.91 Å². The summed E-state index contributed by atoms with van der Waals surface area (Å²) in [6.07, 6.45) is 1.53. The van der Waals surface area contributed by atoms with Crippen LogP contribution in [-0.4, -0.2) is 12.5 Å². The Balaban J connectivity index is 1.98. The molecule has 0 aliphatic carbocycles. The minimum Gasteiger partial charge on any atom is -0.492 e. The molecule has 0 aliphatic heterocycles. The third-order valence-electron chi connectivity index (χ3n) is 4.03. The first-order valence-corrected chi connectivity index (χ1v) is 10.1. The molecule has 1 amide bonds. The summed E-state index contributed by atoms with van der Waals surface area (Å²) in [6.45, 7) is 2.34. The average Bonchev–Trinajstić information content (AvgIpc) is 2.68. The number of nitriles is 1. The molecule has 3 aromatic carbocycles. The van der Waals surface area contributed by atoms with Crippen molar-refractivity contribution in [3.8, 4) is 11.8 Å². The van der Waals surface area contributed by atoms with Crippen molar-refractivity contribution >= 4 is 60.3 Å². The molecule has 0 saturated carbocycles. The minimum absolute atomic E-state index is 0.0149. The van der Waals surface area contributed by atoms with E-state index in [1.54, 1.807) is 6.07 Å². The van der Waals surface area contributed by atoms with Crippen molar-refractivity contribution in [2.75, 3.05) is 11.9 Å². The summed E-state index contributed by atoms with van der Waals surface area (Å²) in [6, 6.07) is 19.1.